The maximum atomic E-state index is 12.9. The van der Waals surface area contributed by atoms with E-state index in [0.717, 1.165) is 0 Å². The van der Waals surface area contributed by atoms with E-state index in [1.807, 2.05) is 0 Å². The number of carbonyl (C=O) groups excluding carboxylic acids is 1. The number of amides is 1. The summed E-state index contributed by atoms with van der Waals surface area (Å²) in [4.78, 5) is 12.0. The van der Waals surface area contributed by atoms with Crippen LogP contribution in [-0.2, 0) is 20.0 Å². The van der Waals surface area contributed by atoms with Crippen molar-refractivity contribution in [1.82, 2.24) is 5.32 Å². The van der Waals surface area contributed by atoms with Gasteiger partial charge in [-0.3, -0.25) is 14.2 Å². The van der Waals surface area contributed by atoms with Gasteiger partial charge in [-0.1, -0.05) is 11.6 Å². The average molecular weight is 524 g/mol. The molecule has 34 heavy (non-hydrogen) atoms. The summed E-state index contributed by atoms with van der Waals surface area (Å²) in [6.45, 7) is 2.10. The molecule has 0 radical (unpaired) electrons. The van der Waals surface area contributed by atoms with Crippen LogP contribution in [0.3, 0.4) is 0 Å². The SMILES string of the molecule is CCNC(=O)c1cc(S(=O)(=O)Nc2ccc(S(=O)(=O)Nc3ccc(Cl)cc3)cc2)ccc1OC. The molecule has 0 bridgehead atoms. The molecule has 0 aliphatic carbocycles. The summed E-state index contributed by atoms with van der Waals surface area (Å²) in [5.41, 5.74) is 0.541. The summed E-state index contributed by atoms with van der Waals surface area (Å²) in [5, 5.41) is 3.07. The fourth-order valence-corrected chi connectivity index (χ4v) is 5.20. The van der Waals surface area contributed by atoms with Gasteiger partial charge >= 0.3 is 0 Å². The van der Waals surface area contributed by atoms with Crippen molar-refractivity contribution >= 4 is 48.9 Å². The topological polar surface area (TPSA) is 131 Å². The van der Waals surface area contributed by atoms with Crippen molar-refractivity contribution in [1.29, 1.82) is 0 Å². The van der Waals surface area contributed by atoms with E-state index in [1.165, 1.54) is 61.7 Å². The standard InChI is InChI=1S/C22H22ClN3O6S2/c1-3-24-22(27)20-14-19(12-13-21(20)32-2)34(30,31)26-17-8-10-18(11-9-17)33(28,29)25-16-6-4-15(23)5-7-16/h4-14,25-26H,3H2,1-2H3,(H,24,27). The third-order valence-corrected chi connectivity index (χ3v) is 7.60. The van der Waals surface area contributed by atoms with E-state index in [-0.39, 0.29) is 26.8 Å². The van der Waals surface area contributed by atoms with Crippen LogP contribution >= 0.6 is 11.6 Å². The van der Waals surface area contributed by atoms with Gasteiger partial charge in [0.25, 0.3) is 26.0 Å². The highest BCUT2D eigenvalue weighted by atomic mass is 35.5. The molecule has 0 fully saturated rings. The van der Waals surface area contributed by atoms with Crippen molar-refractivity contribution in [2.75, 3.05) is 23.1 Å². The van der Waals surface area contributed by atoms with Crippen LogP contribution in [0, 0.1) is 0 Å². The van der Waals surface area contributed by atoms with Crippen molar-refractivity contribution in [3.8, 4) is 5.75 Å². The van der Waals surface area contributed by atoms with Crippen LogP contribution < -0.4 is 19.5 Å². The minimum absolute atomic E-state index is 0.0617. The van der Waals surface area contributed by atoms with Crippen molar-refractivity contribution in [2.45, 2.75) is 16.7 Å². The monoisotopic (exact) mass is 523 g/mol. The molecule has 1 amide bonds. The van der Waals surface area contributed by atoms with Crippen molar-refractivity contribution < 1.29 is 26.4 Å². The molecule has 0 aromatic heterocycles. The van der Waals surface area contributed by atoms with E-state index in [0.29, 0.717) is 17.3 Å². The number of rotatable bonds is 9. The molecular formula is C22H22ClN3O6S2. The molecule has 0 saturated heterocycles. The van der Waals surface area contributed by atoms with E-state index in [2.05, 4.69) is 14.8 Å². The Morgan fingerprint density at radius 2 is 1.32 bits per heavy atom. The zero-order valence-corrected chi connectivity index (χ0v) is 20.6. The molecule has 3 aromatic carbocycles. The first-order valence-electron chi connectivity index (χ1n) is 9.93. The Hall–Kier alpha value is -3.28. The number of ether oxygens (including phenoxy) is 1. The van der Waals surface area contributed by atoms with Crippen molar-refractivity contribution in [2.24, 2.45) is 0 Å². The lowest BCUT2D eigenvalue weighted by atomic mass is 10.2. The lowest BCUT2D eigenvalue weighted by Gasteiger charge is -2.13. The first-order chi connectivity index (χ1) is 16.1. The zero-order valence-electron chi connectivity index (χ0n) is 18.2. The van der Waals surface area contributed by atoms with E-state index in [9.17, 15) is 21.6 Å². The summed E-state index contributed by atoms with van der Waals surface area (Å²) >= 11 is 5.81. The van der Waals surface area contributed by atoms with Gasteiger partial charge in [-0.2, -0.15) is 0 Å². The number of methoxy groups -OCH3 is 1. The van der Waals surface area contributed by atoms with Gasteiger partial charge in [0.15, 0.2) is 0 Å². The molecule has 0 saturated carbocycles. The smallest absolute Gasteiger partial charge is 0.261 e. The zero-order chi connectivity index (χ0) is 24.9. The minimum atomic E-state index is -4.07. The molecule has 12 heteroatoms. The lowest BCUT2D eigenvalue weighted by Crippen LogP contribution is -2.24. The molecule has 0 atom stereocenters. The maximum Gasteiger partial charge on any atom is 0.261 e. The number of anilines is 2. The first kappa shape index (κ1) is 25.3. The second kappa shape index (κ2) is 10.3. The summed E-state index contributed by atoms with van der Waals surface area (Å²) in [6.07, 6.45) is 0. The second-order valence-electron chi connectivity index (χ2n) is 6.96. The molecule has 180 valence electrons. The Kier molecular flexibility index (Phi) is 7.70. The van der Waals surface area contributed by atoms with E-state index >= 15 is 0 Å². The Morgan fingerprint density at radius 3 is 1.85 bits per heavy atom. The summed E-state index contributed by atoms with van der Waals surface area (Å²) < 4.78 is 60.8. The third kappa shape index (κ3) is 5.99. The molecule has 3 rings (SSSR count). The van der Waals surface area contributed by atoms with Gasteiger partial charge in [-0.05, 0) is 73.7 Å². The number of hydrogen-bond acceptors (Lipinski definition) is 6. The van der Waals surface area contributed by atoms with Crippen LogP contribution in [0.2, 0.25) is 5.02 Å². The Bertz CT molecular complexity index is 1390. The largest absolute Gasteiger partial charge is 0.496 e. The van der Waals surface area contributed by atoms with Gasteiger partial charge in [-0.15, -0.1) is 0 Å². The van der Waals surface area contributed by atoms with Crippen LogP contribution in [0.5, 0.6) is 5.75 Å². The maximum absolute atomic E-state index is 12.9. The van der Waals surface area contributed by atoms with Gasteiger partial charge in [0.2, 0.25) is 0 Å². The number of halogens is 1. The number of nitrogens with one attached hydrogen (secondary N) is 3. The molecular weight excluding hydrogens is 502 g/mol. The Labute approximate surface area is 203 Å². The number of benzene rings is 3. The van der Waals surface area contributed by atoms with Gasteiger partial charge < -0.3 is 10.1 Å². The van der Waals surface area contributed by atoms with Crippen LogP contribution in [0.4, 0.5) is 11.4 Å². The third-order valence-electron chi connectivity index (χ3n) is 4.58. The molecule has 9 nitrogen and oxygen atoms in total. The molecule has 3 N–H and O–H groups in total. The molecule has 3 aromatic rings. The Morgan fingerprint density at radius 1 is 0.824 bits per heavy atom. The van der Waals surface area contributed by atoms with Gasteiger partial charge in [-0.25, -0.2) is 16.8 Å². The fraction of sp³-hybridized carbons (Fsp3) is 0.136. The summed E-state index contributed by atoms with van der Waals surface area (Å²) in [5.74, 6) is -0.244. The lowest BCUT2D eigenvalue weighted by molar-refractivity contribution is 0.0952. The van der Waals surface area contributed by atoms with Gasteiger partial charge in [0.05, 0.1) is 22.5 Å². The molecule has 0 aliphatic heterocycles. The summed E-state index contributed by atoms with van der Waals surface area (Å²) in [7, 11) is -6.59. The molecule has 0 heterocycles. The highest BCUT2D eigenvalue weighted by Crippen LogP contribution is 2.25. The van der Waals surface area contributed by atoms with E-state index < -0.39 is 26.0 Å². The molecule has 0 aliphatic rings. The highest BCUT2D eigenvalue weighted by Gasteiger charge is 2.20. The van der Waals surface area contributed by atoms with Crippen LogP contribution in [0.1, 0.15) is 17.3 Å². The van der Waals surface area contributed by atoms with Gasteiger partial charge in [0.1, 0.15) is 5.75 Å². The highest BCUT2D eigenvalue weighted by molar-refractivity contribution is 7.93. The second-order valence-corrected chi connectivity index (χ2v) is 10.8. The summed E-state index contributed by atoms with van der Waals surface area (Å²) in [6, 6.07) is 15.2. The predicted octanol–water partition coefficient (Wildman–Crippen LogP) is 3.70. The quantitative estimate of drug-likeness (QED) is 0.392. The number of hydrogen-bond donors (Lipinski definition) is 3. The van der Waals surface area contributed by atoms with E-state index in [1.54, 1.807) is 19.1 Å². The van der Waals surface area contributed by atoms with Crippen LogP contribution in [0.15, 0.2) is 76.5 Å². The van der Waals surface area contributed by atoms with Gasteiger partial charge in [0, 0.05) is 22.9 Å². The predicted molar refractivity (Wildman–Crippen MR) is 131 cm³/mol. The van der Waals surface area contributed by atoms with Crippen LogP contribution in [0.25, 0.3) is 0 Å². The number of sulfonamides is 2. The minimum Gasteiger partial charge on any atom is -0.496 e. The molecule has 0 spiro atoms. The van der Waals surface area contributed by atoms with E-state index in [4.69, 9.17) is 16.3 Å². The fourth-order valence-electron chi connectivity index (χ4n) is 2.94. The van der Waals surface area contributed by atoms with Crippen molar-refractivity contribution in [3.05, 3.63) is 77.3 Å². The number of carbonyl (C=O) groups is 1. The Balaban J connectivity index is 1.81. The average Bonchev–Trinajstić information content (AvgIpc) is 2.80. The van der Waals surface area contributed by atoms with Crippen LogP contribution in [-0.4, -0.2) is 36.4 Å². The van der Waals surface area contributed by atoms with Crippen molar-refractivity contribution in [3.63, 3.8) is 0 Å². The molecule has 0 unspecified atom stereocenters. The normalized spacial score (nSPS) is 11.5. The first-order valence-corrected chi connectivity index (χ1v) is 13.3.